The van der Waals surface area contributed by atoms with Gasteiger partial charge in [-0.05, 0) is 41.3 Å². The lowest BCUT2D eigenvalue weighted by atomic mass is 10.0. The largest absolute Gasteiger partial charge is 0.416 e. The fourth-order valence-corrected chi connectivity index (χ4v) is 7.19. The van der Waals surface area contributed by atoms with Crippen LogP contribution in [0, 0.1) is 0 Å². The molecule has 1 aliphatic heterocycles. The van der Waals surface area contributed by atoms with Crippen LogP contribution >= 0.6 is 0 Å². The number of aromatic nitrogens is 2. The molecule has 5 rings (SSSR count). The number of H-pyrrole nitrogens is 1. The van der Waals surface area contributed by atoms with Crippen LogP contribution in [-0.4, -0.2) is 32.7 Å². The van der Waals surface area contributed by atoms with E-state index in [-0.39, 0.29) is 18.7 Å². The Kier molecular flexibility index (Phi) is 7.48. The number of nitrogens with zero attached hydrogens (tertiary/aromatic N) is 1. The Morgan fingerprint density at radius 2 is 1.71 bits per heavy atom. The van der Waals surface area contributed by atoms with E-state index in [4.69, 9.17) is 0 Å². The zero-order chi connectivity index (χ0) is 29.4. The second-order valence-corrected chi connectivity index (χ2v) is 13.0. The van der Waals surface area contributed by atoms with Crippen molar-refractivity contribution >= 4 is 26.0 Å². The summed E-state index contributed by atoms with van der Waals surface area (Å²) >= 11 is 0. The number of sulfonamides is 2. The lowest BCUT2D eigenvalue weighted by Gasteiger charge is -2.18. The van der Waals surface area contributed by atoms with Crippen molar-refractivity contribution in [3.8, 4) is 11.3 Å². The Morgan fingerprint density at radius 1 is 1.00 bits per heavy atom. The molecule has 1 amide bonds. The molecular weight excluding hydrogens is 581 g/mol. The summed E-state index contributed by atoms with van der Waals surface area (Å²) in [5.41, 5.74) is 1.25. The molecule has 41 heavy (non-hydrogen) atoms. The van der Waals surface area contributed by atoms with Gasteiger partial charge < -0.3 is 4.98 Å². The lowest BCUT2D eigenvalue weighted by molar-refractivity contribution is -0.137. The fraction of sp³-hybridized carbons (Fsp3) is 0.185. The first-order chi connectivity index (χ1) is 19.3. The molecule has 2 atom stereocenters. The van der Waals surface area contributed by atoms with E-state index >= 15 is 0 Å². The number of aromatic amines is 1. The molecule has 0 spiro atoms. The number of hydrogen-bond donors (Lipinski definition) is 3. The minimum absolute atomic E-state index is 0.0226. The van der Waals surface area contributed by atoms with E-state index in [1.54, 1.807) is 12.1 Å². The predicted molar refractivity (Wildman–Crippen MR) is 143 cm³/mol. The molecule has 3 N–H and O–H groups in total. The Morgan fingerprint density at radius 3 is 2.34 bits per heavy atom. The molecule has 1 fully saturated rings. The summed E-state index contributed by atoms with van der Waals surface area (Å²) in [4.78, 5) is 18.5. The number of imidazole rings is 1. The van der Waals surface area contributed by atoms with Crippen LogP contribution in [0.25, 0.3) is 11.3 Å². The molecule has 0 saturated carbocycles. The maximum Gasteiger partial charge on any atom is 0.416 e. The van der Waals surface area contributed by atoms with Crippen LogP contribution in [0.4, 0.5) is 13.2 Å². The molecule has 9 nitrogen and oxygen atoms in total. The van der Waals surface area contributed by atoms with E-state index < -0.39 is 53.9 Å². The zero-order valence-electron chi connectivity index (χ0n) is 21.1. The molecule has 2 unspecified atom stereocenters. The standard InChI is InChI=1S/C27H23F3N4O5S2/c28-27(29,30)20-7-4-8-21(14-20)40(36,37)33-22(26-31-16-23(32-26)18-5-2-1-3-6-18)13-17-9-11-19(12-10-17)24-15-25(35)34-41(24,38)39/h1-12,14,16,22,24,33H,13,15H2,(H,31,32)(H,34,35). The van der Waals surface area contributed by atoms with E-state index in [1.165, 1.54) is 18.3 Å². The van der Waals surface area contributed by atoms with Gasteiger partial charge in [0.2, 0.25) is 26.0 Å². The van der Waals surface area contributed by atoms with Gasteiger partial charge in [-0.1, -0.05) is 60.7 Å². The number of halogens is 3. The summed E-state index contributed by atoms with van der Waals surface area (Å²) in [7, 11) is -8.29. The summed E-state index contributed by atoms with van der Waals surface area (Å²) in [5, 5.41) is -1.04. The van der Waals surface area contributed by atoms with Gasteiger partial charge in [0.1, 0.15) is 11.1 Å². The Bertz CT molecular complexity index is 1790. The van der Waals surface area contributed by atoms with Gasteiger partial charge in [-0.2, -0.15) is 13.2 Å². The van der Waals surface area contributed by atoms with Gasteiger partial charge in [0.15, 0.2) is 0 Å². The van der Waals surface area contributed by atoms with Gasteiger partial charge >= 0.3 is 6.18 Å². The molecule has 1 aliphatic rings. The van der Waals surface area contributed by atoms with Crippen molar-refractivity contribution < 1.29 is 34.8 Å². The average molecular weight is 605 g/mol. The van der Waals surface area contributed by atoms with Crippen LogP contribution in [0.5, 0.6) is 0 Å². The van der Waals surface area contributed by atoms with Crippen molar-refractivity contribution in [1.29, 1.82) is 0 Å². The molecule has 0 radical (unpaired) electrons. The van der Waals surface area contributed by atoms with Gasteiger partial charge in [-0.3, -0.25) is 9.52 Å². The molecule has 0 aliphatic carbocycles. The number of carbonyl (C=O) groups excluding carboxylic acids is 1. The third-order valence-electron chi connectivity index (χ3n) is 6.57. The number of nitrogens with one attached hydrogen (secondary N) is 3. The highest BCUT2D eigenvalue weighted by Crippen LogP contribution is 2.32. The highest BCUT2D eigenvalue weighted by Gasteiger charge is 2.38. The van der Waals surface area contributed by atoms with Crippen molar-refractivity contribution in [2.45, 2.75) is 35.2 Å². The molecule has 214 valence electrons. The predicted octanol–water partition coefficient (Wildman–Crippen LogP) is 4.25. The van der Waals surface area contributed by atoms with Crippen LogP contribution in [-0.2, 0) is 37.4 Å². The maximum absolute atomic E-state index is 13.3. The number of benzene rings is 3. The first-order valence-corrected chi connectivity index (χ1v) is 15.3. The van der Waals surface area contributed by atoms with E-state index in [2.05, 4.69) is 14.7 Å². The van der Waals surface area contributed by atoms with Gasteiger partial charge in [-0.15, -0.1) is 0 Å². The molecule has 4 aromatic rings. The molecule has 1 aromatic heterocycles. The molecule has 2 heterocycles. The highest BCUT2D eigenvalue weighted by atomic mass is 32.2. The van der Waals surface area contributed by atoms with E-state index in [0.717, 1.165) is 23.8 Å². The summed E-state index contributed by atoms with van der Waals surface area (Å²) in [6.45, 7) is 0. The maximum atomic E-state index is 13.3. The van der Waals surface area contributed by atoms with E-state index in [1.807, 2.05) is 35.1 Å². The fourth-order valence-electron chi connectivity index (χ4n) is 4.52. The topological polar surface area (TPSA) is 138 Å². The van der Waals surface area contributed by atoms with Crippen LogP contribution in [0.15, 0.2) is 90.0 Å². The molecule has 0 bridgehead atoms. The summed E-state index contributed by atoms with van der Waals surface area (Å²) in [5.74, 6) is -0.383. The molecule has 14 heteroatoms. The third-order valence-corrected chi connectivity index (χ3v) is 9.74. The van der Waals surface area contributed by atoms with Gasteiger partial charge in [0.25, 0.3) is 0 Å². The average Bonchev–Trinajstić information content (AvgIpc) is 3.52. The van der Waals surface area contributed by atoms with Crippen LogP contribution in [0.3, 0.4) is 0 Å². The van der Waals surface area contributed by atoms with Crippen molar-refractivity contribution in [2.75, 3.05) is 0 Å². The first kappa shape index (κ1) is 28.5. The Labute approximate surface area is 233 Å². The van der Waals surface area contributed by atoms with Crippen molar-refractivity contribution in [1.82, 2.24) is 19.4 Å². The number of carbonyl (C=O) groups is 1. The third kappa shape index (κ3) is 6.34. The first-order valence-electron chi connectivity index (χ1n) is 12.2. The highest BCUT2D eigenvalue weighted by molar-refractivity contribution is 7.90. The minimum Gasteiger partial charge on any atom is -0.341 e. The zero-order valence-corrected chi connectivity index (χ0v) is 22.7. The normalized spacial score (nSPS) is 17.7. The quantitative estimate of drug-likeness (QED) is 0.275. The van der Waals surface area contributed by atoms with Crippen molar-refractivity contribution in [3.63, 3.8) is 0 Å². The lowest BCUT2D eigenvalue weighted by Crippen LogP contribution is -2.31. The molecular formula is C27H23F3N4O5S2. The monoisotopic (exact) mass is 604 g/mol. The van der Waals surface area contributed by atoms with Gasteiger partial charge in [-0.25, -0.2) is 26.5 Å². The SMILES string of the molecule is O=C1CC(c2ccc(CC(NS(=O)(=O)c3cccc(C(F)(F)F)c3)c3ncc(-c4ccccc4)[nH]3)cc2)S(=O)(=O)N1. The number of rotatable bonds is 8. The van der Waals surface area contributed by atoms with Gasteiger partial charge in [0, 0.05) is 0 Å². The Balaban J connectivity index is 1.46. The second kappa shape index (κ2) is 10.8. The van der Waals surface area contributed by atoms with Crippen molar-refractivity contribution in [3.05, 3.63) is 108 Å². The molecule has 3 aromatic carbocycles. The van der Waals surface area contributed by atoms with Crippen LogP contribution in [0.2, 0.25) is 0 Å². The van der Waals surface area contributed by atoms with E-state index in [9.17, 15) is 34.8 Å². The Hall–Kier alpha value is -4.01. The minimum atomic E-state index is -4.73. The van der Waals surface area contributed by atoms with Crippen LogP contribution < -0.4 is 9.44 Å². The summed E-state index contributed by atoms with van der Waals surface area (Å²) in [6, 6.07) is 17.8. The molecule has 1 saturated heterocycles. The number of hydrogen-bond acceptors (Lipinski definition) is 6. The van der Waals surface area contributed by atoms with Crippen LogP contribution in [0.1, 0.15) is 40.2 Å². The second-order valence-electron chi connectivity index (χ2n) is 9.46. The number of amides is 1. The number of alkyl halides is 3. The smallest absolute Gasteiger partial charge is 0.341 e. The van der Waals surface area contributed by atoms with Gasteiger partial charge in [0.05, 0.1) is 34.8 Å². The van der Waals surface area contributed by atoms with Crippen molar-refractivity contribution in [2.24, 2.45) is 0 Å². The summed E-state index contributed by atoms with van der Waals surface area (Å²) < 4.78 is 95.2. The summed E-state index contributed by atoms with van der Waals surface area (Å²) in [6.07, 6.45) is -3.40. The van der Waals surface area contributed by atoms with E-state index in [0.29, 0.717) is 22.9 Å².